The average molecular weight is 280 g/mol. The number of carboxylic acid groups (broad SMARTS) is 1. The standard InChI is InChI=1S/C16H21FO3/c1-16(2)5-3-14(4-6-16)20-10-11-7-12(15(18)19)9-13(17)8-11/h7-9,14H,3-6,10H2,1-2H3,(H,18,19). The van der Waals surface area contributed by atoms with E-state index in [2.05, 4.69) is 13.8 Å². The molecular formula is C16H21FO3. The first-order valence-corrected chi connectivity index (χ1v) is 7.00. The molecule has 4 heteroatoms. The molecule has 0 aromatic heterocycles. The number of aromatic carboxylic acids is 1. The highest BCUT2D eigenvalue weighted by Crippen LogP contribution is 2.36. The maximum atomic E-state index is 13.3. The fraction of sp³-hybridized carbons (Fsp3) is 0.562. The second-order valence-corrected chi connectivity index (χ2v) is 6.33. The monoisotopic (exact) mass is 280 g/mol. The third kappa shape index (κ3) is 4.04. The molecule has 1 N–H and O–H groups in total. The minimum Gasteiger partial charge on any atom is -0.478 e. The van der Waals surface area contributed by atoms with Crippen LogP contribution in [-0.4, -0.2) is 17.2 Å². The van der Waals surface area contributed by atoms with Gasteiger partial charge in [-0.2, -0.15) is 0 Å². The zero-order valence-corrected chi connectivity index (χ0v) is 12.0. The predicted molar refractivity (Wildman–Crippen MR) is 74.2 cm³/mol. The Bertz CT molecular complexity index is 486. The summed E-state index contributed by atoms with van der Waals surface area (Å²) in [5.41, 5.74) is 0.926. The lowest BCUT2D eigenvalue weighted by atomic mass is 9.76. The van der Waals surface area contributed by atoms with Crippen molar-refractivity contribution >= 4 is 5.97 Å². The van der Waals surface area contributed by atoms with Gasteiger partial charge in [-0.1, -0.05) is 13.8 Å². The summed E-state index contributed by atoms with van der Waals surface area (Å²) in [5, 5.41) is 8.90. The number of carboxylic acids is 1. The molecule has 3 nitrogen and oxygen atoms in total. The Morgan fingerprint density at radius 2 is 2.00 bits per heavy atom. The predicted octanol–water partition coefficient (Wildman–Crippen LogP) is 4.01. The summed E-state index contributed by atoms with van der Waals surface area (Å²) in [4.78, 5) is 10.9. The highest BCUT2D eigenvalue weighted by Gasteiger charge is 2.27. The Morgan fingerprint density at radius 1 is 1.35 bits per heavy atom. The fourth-order valence-electron chi connectivity index (χ4n) is 2.61. The molecule has 0 spiro atoms. The van der Waals surface area contributed by atoms with Gasteiger partial charge >= 0.3 is 5.97 Å². The summed E-state index contributed by atoms with van der Waals surface area (Å²) in [5.74, 6) is -1.65. The summed E-state index contributed by atoms with van der Waals surface area (Å²) in [6.07, 6.45) is 4.46. The van der Waals surface area contributed by atoms with Crippen molar-refractivity contribution in [1.29, 1.82) is 0 Å². The van der Waals surface area contributed by atoms with E-state index in [0.717, 1.165) is 31.7 Å². The summed E-state index contributed by atoms with van der Waals surface area (Å²) in [6, 6.07) is 3.83. The van der Waals surface area contributed by atoms with Gasteiger partial charge in [0.1, 0.15) is 5.82 Å². The maximum Gasteiger partial charge on any atom is 0.335 e. The molecule has 110 valence electrons. The van der Waals surface area contributed by atoms with Crippen LogP contribution in [0.4, 0.5) is 4.39 Å². The molecule has 0 amide bonds. The van der Waals surface area contributed by atoms with Crippen LogP contribution in [0, 0.1) is 11.2 Å². The molecule has 1 saturated carbocycles. The molecule has 0 saturated heterocycles. The van der Waals surface area contributed by atoms with Gasteiger partial charge in [-0.15, -0.1) is 0 Å². The van der Waals surface area contributed by atoms with Crippen molar-refractivity contribution in [2.75, 3.05) is 0 Å². The van der Waals surface area contributed by atoms with E-state index in [1.165, 1.54) is 12.1 Å². The number of halogens is 1. The molecule has 20 heavy (non-hydrogen) atoms. The van der Waals surface area contributed by atoms with Gasteiger partial charge in [-0.05, 0) is 54.9 Å². The van der Waals surface area contributed by atoms with Crippen LogP contribution in [-0.2, 0) is 11.3 Å². The van der Waals surface area contributed by atoms with Crippen LogP contribution in [0.15, 0.2) is 18.2 Å². The van der Waals surface area contributed by atoms with Crippen LogP contribution in [0.1, 0.15) is 55.5 Å². The lowest BCUT2D eigenvalue weighted by molar-refractivity contribution is -0.00568. The quantitative estimate of drug-likeness (QED) is 0.906. The molecular weight excluding hydrogens is 259 g/mol. The molecule has 1 aromatic rings. The van der Waals surface area contributed by atoms with E-state index in [9.17, 15) is 9.18 Å². The van der Waals surface area contributed by atoms with E-state index in [4.69, 9.17) is 9.84 Å². The van der Waals surface area contributed by atoms with Gasteiger partial charge in [-0.25, -0.2) is 9.18 Å². The molecule has 1 aromatic carbocycles. The van der Waals surface area contributed by atoms with Gasteiger partial charge in [0.15, 0.2) is 0 Å². The molecule has 2 rings (SSSR count). The van der Waals surface area contributed by atoms with Crippen LogP contribution < -0.4 is 0 Å². The molecule has 0 unspecified atom stereocenters. The van der Waals surface area contributed by atoms with Crippen LogP contribution in [0.3, 0.4) is 0 Å². The summed E-state index contributed by atoms with van der Waals surface area (Å²) in [6.45, 7) is 4.78. The number of ether oxygens (including phenoxy) is 1. The number of rotatable bonds is 4. The number of hydrogen-bond donors (Lipinski definition) is 1. The van der Waals surface area contributed by atoms with Gasteiger partial charge in [-0.3, -0.25) is 0 Å². The molecule has 1 aliphatic rings. The average Bonchev–Trinajstić information content (AvgIpc) is 2.37. The summed E-state index contributed by atoms with van der Waals surface area (Å²) < 4.78 is 19.1. The molecule has 0 heterocycles. The van der Waals surface area contributed by atoms with Gasteiger partial charge in [0.2, 0.25) is 0 Å². The molecule has 0 atom stereocenters. The van der Waals surface area contributed by atoms with Gasteiger partial charge < -0.3 is 9.84 Å². The van der Waals surface area contributed by atoms with E-state index < -0.39 is 11.8 Å². The highest BCUT2D eigenvalue weighted by atomic mass is 19.1. The van der Waals surface area contributed by atoms with Gasteiger partial charge in [0.25, 0.3) is 0 Å². The number of hydrogen-bond acceptors (Lipinski definition) is 2. The first-order valence-electron chi connectivity index (χ1n) is 7.00. The van der Waals surface area contributed by atoms with Crippen LogP contribution in [0.2, 0.25) is 0 Å². The van der Waals surface area contributed by atoms with Gasteiger partial charge in [0, 0.05) is 0 Å². The third-order valence-electron chi connectivity index (χ3n) is 3.98. The zero-order chi connectivity index (χ0) is 14.8. The topological polar surface area (TPSA) is 46.5 Å². The Balaban J connectivity index is 1.93. The van der Waals surface area contributed by atoms with Crippen LogP contribution in [0.5, 0.6) is 0 Å². The largest absolute Gasteiger partial charge is 0.478 e. The zero-order valence-electron chi connectivity index (χ0n) is 12.0. The highest BCUT2D eigenvalue weighted by molar-refractivity contribution is 5.87. The van der Waals surface area contributed by atoms with Gasteiger partial charge in [0.05, 0.1) is 18.3 Å². The van der Waals surface area contributed by atoms with Crippen molar-refractivity contribution in [2.45, 2.75) is 52.2 Å². The Labute approximate surface area is 118 Å². The Kier molecular flexibility index (Phi) is 4.43. The van der Waals surface area contributed by atoms with E-state index in [-0.39, 0.29) is 18.3 Å². The van der Waals surface area contributed by atoms with E-state index in [1.807, 2.05) is 0 Å². The first-order chi connectivity index (χ1) is 9.35. The van der Waals surface area contributed by atoms with Crippen molar-refractivity contribution in [2.24, 2.45) is 5.41 Å². The van der Waals surface area contributed by atoms with Crippen molar-refractivity contribution in [3.63, 3.8) is 0 Å². The number of carbonyl (C=O) groups is 1. The summed E-state index contributed by atoms with van der Waals surface area (Å²) in [7, 11) is 0. The van der Waals surface area contributed by atoms with E-state index in [0.29, 0.717) is 11.0 Å². The Hall–Kier alpha value is -1.42. The van der Waals surface area contributed by atoms with Crippen molar-refractivity contribution < 1.29 is 19.0 Å². The molecule has 1 fully saturated rings. The van der Waals surface area contributed by atoms with Crippen molar-refractivity contribution in [3.05, 3.63) is 35.1 Å². The van der Waals surface area contributed by atoms with Crippen molar-refractivity contribution in [1.82, 2.24) is 0 Å². The molecule has 0 aliphatic heterocycles. The molecule has 0 radical (unpaired) electrons. The second kappa shape index (κ2) is 5.92. The maximum absolute atomic E-state index is 13.3. The normalized spacial score (nSPS) is 18.9. The SMILES string of the molecule is CC1(C)CCC(OCc2cc(F)cc(C(=O)O)c2)CC1. The lowest BCUT2D eigenvalue weighted by Gasteiger charge is -2.34. The minimum absolute atomic E-state index is 0.0339. The van der Waals surface area contributed by atoms with Crippen LogP contribution >= 0.6 is 0 Å². The van der Waals surface area contributed by atoms with E-state index in [1.54, 1.807) is 0 Å². The smallest absolute Gasteiger partial charge is 0.335 e. The Morgan fingerprint density at radius 3 is 2.60 bits per heavy atom. The first kappa shape index (κ1) is 15.0. The van der Waals surface area contributed by atoms with Crippen LogP contribution in [0.25, 0.3) is 0 Å². The third-order valence-corrected chi connectivity index (χ3v) is 3.98. The summed E-state index contributed by atoms with van der Waals surface area (Å²) >= 11 is 0. The number of benzene rings is 1. The molecule has 1 aliphatic carbocycles. The second-order valence-electron chi connectivity index (χ2n) is 6.33. The lowest BCUT2D eigenvalue weighted by Crippen LogP contribution is -2.26. The van der Waals surface area contributed by atoms with E-state index >= 15 is 0 Å². The fourth-order valence-corrected chi connectivity index (χ4v) is 2.61. The minimum atomic E-state index is -1.12. The molecule has 0 bridgehead atoms. The van der Waals surface area contributed by atoms with Crippen molar-refractivity contribution in [3.8, 4) is 0 Å².